The zero-order valence-electron chi connectivity index (χ0n) is 11.8. The number of rotatable bonds is 7. The van der Waals surface area contributed by atoms with Crippen molar-refractivity contribution >= 4 is 15.9 Å². The maximum atomic E-state index is 5.19. The lowest BCUT2D eigenvalue weighted by Gasteiger charge is -2.26. The summed E-state index contributed by atoms with van der Waals surface area (Å²) in [5.74, 6) is 0.545. The van der Waals surface area contributed by atoms with Gasteiger partial charge in [0.15, 0.2) is 0 Å². The van der Waals surface area contributed by atoms with Gasteiger partial charge in [-0.05, 0) is 43.0 Å². The van der Waals surface area contributed by atoms with Crippen LogP contribution in [0.1, 0.15) is 37.4 Å². The number of hydrogen-bond donors (Lipinski definition) is 1. The zero-order valence-corrected chi connectivity index (χ0v) is 13.4. The highest BCUT2D eigenvalue weighted by molar-refractivity contribution is 9.10. The summed E-state index contributed by atoms with van der Waals surface area (Å²) in [5.41, 5.74) is 2.62. The van der Waals surface area contributed by atoms with Crippen molar-refractivity contribution in [1.82, 2.24) is 5.32 Å². The normalized spacial score (nSPS) is 14.5. The topological polar surface area (TPSA) is 21.3 Å². The van der Waals surface area contributed by atoms with Gasteiger partial charge in [0.05, 0.1) is 0 Å². The fraction of sp³-hybridized carbons (Fsp3) is 0.600. The molecule has 102 valence electrons. The van der Waals surface area contributed by atoms with E-state index in [4.69, 9.17) is 4.74 Å². The van der Waals surface area contributed by atoms with Gasteiger partial charge in [-0.1, -0.05) is 41.9 Å². The second kappa shape index (κ2) is 7.93. The lowest BCUT2D eigenvalue weighted by molar-refractivity contribution is 0.170. The van der Waals surface area contributed by atoms with E-state index in [-0.39, 0.29) is 0 Å². The van der Waals surface area contributed by atoms with Gasteiger partial charge in [-0.25, -0.2) is 0 Å². The summed E-state index contributed by atoms with van der Waals surface area (Å²) >= 11 is 3.68. The maximum absolute atomic E-state index is 5.19. The van der Waals surface area contributed by atoms with Crippen LogP contribution in [0.15, 0.2) is 22.7 Å². The number of ether oxygens (including phenoxy) is 1. The first-order chi connectivity index (χ1) is 8.60. The third-order valence-electron chi connectivity index (χ3n) is 3.26. The molecule has 2 atom stereocenters. The van der Waals surface area contributed by atoms with Gasteiger partial charge in [-0.2, -0.15) is 0 Å². The van der Waals surface area contributed by atoms with Crippen LogP contribution in [-0.4, -0.2) is 20.3 Å². The van der Waals surface area contributed by atoms with E-state index in [9.17, 15) is 0 Å². The smallest absolute Gasteiger partial charge is 0.0465 e. The molecule has 18 heavy (non-hydrogen) atoms. The van der Waals surface area contributed by atoms with Crippen LogP contribution in [0, 0.1) is 12.8 Å². The molecule has 2 nitrogen and oxygen atoms in total. The van der Waals surface area contributed by atoms with Gasteiger partial charge in [0.2, 0.25) is 0 Å². The van der Waals surface area contributed by atoms with Crippen LogP contribution in [0.5, 0.6) is 0 Å². The fourth-order valence-corrected chi connectivity index (χ4v) is 2.93. The van der Waals surface area contributed by atoms with E-state index in [0.29, 0.717) is 12.0 Å². The Morgan fingerprint density at radius 3 is 2.67 bits per heavy atom. The molecular weight excluding hydrogens is 290 g/mol. The number of nitrogens with one attached hydrogen (secondary N) is 1. The highest BCUT2D eigenvalue weighted by Crippen LogP contribution is 2.31. The SMILES string of the molecule is CCNC(c1ccc(C)cc1Br)C(C)CCOC. The van der Waals surface area contributed by atoms with Crippen molar-refractivity contribution in [3.63, 3.8) is 0 Å². The fourth-order valence-electron chi connectivity index (χ4n) is 2.19. The van der Waals surface area contributed by atoms with Crippen molar-refractivity contribution in [3.8, 4) is 0 Å². The quantitative estimate of drug-likeness (QED) is 0.819. The van der Waals surface area contributed by atoms with E-state index in [2.05, 4.69) is 60.2 Å². The standard InChI is InChI=1S/C15H24BrNO/c1-5-17-15(12(3)8-9-18-4)13-7-6-11(2)10-14(13)16/h6-7,10,12,15,17H,5,8-9H2,1-4H3. The third-order valence-corrected chi connectivity index (χ3v) is 3.95. The molecular formula is C15H24BrNO. The first-order valence-electron chi connectivity index (χ1n) is 6.58. The molecule has 0 radical (unpaired) electrons. The molecule has 1 aromatic carbocycles. The minimum atomic E-state index is 0.375. The van der Waals surface area contributed by atoms with E-state index < -0.39 is 0 Å². The lowest BCUT2D eigenvalue weighted by atomic mass is 9.91. The molecule has 2 unspecified atom stereocenters. The predicted octanol–water partition coefficient (Wildman–Crippen LogP) is 4.08. The Labute approximate surface area is 119 Å². The summed E-state index contributed by atoms with van der Waals surface area (Å²) in [6, 6.07) is 6.95. The van der Waals surface area contributed by atoms with Crippen molar-refractivity contribution in [2.24, 2.45) is 5.92 Å². The van der Waals surface area contributed by atoms with Gasteiger partial charge >= 0.3 is 0 Å². The summed E-state index contributed by atoms with van der Waals surface area (Å²) in [4.78, 5) is 0. The first kappa shape index (κ1) is 15.7. The summed E-state index contributed by atoms with van der Waals surface area (Å²) in [6.45, 7) is 8.33. The van der Waals surface area contributed by atoms with E-state index in [1.54, 1.807) is 7.11 Å². The molecule has 0 aromatic heterocycles. The van der Waals surface area contributed by atoms with Gasteiger partial charge in [0, 0.05) is 24.2 Å². The molecule has 1 rings (SSSR count). The largest absolute Gasteiger partial charge is 0.385 e. The number of halogens is 1. The van der Waals surface area contributed by atoms with E-state index in [1.807, 2.05) is 0 Å². The van der Waals surface area contributed by atoms with Crippen LogP contribution < -0.4 is 5.32 Å². The molecule has 3 heteroatoms. The van der Waals surface area contributed by atoms with E-state index in [0.717, 1.165) is 19.6 Å². The Kier molecular flexibility index (Phi) is 6.90. The Hall–Kier alpha value is -0.380. The first-order valence-corrected chi connectivity index (χ1v) is 7.37. The van der Waals surface area contributed by atoms with Gasteiger partial charge in [0.25, 0.3) is 0 Å². The lowest BCUT2D eigenvalue weighted by Crippen LogP contribution is -2.27. The molecule has 0 amide bonds. The third kappa shape index (κ3) is 4.38. The van der Waals surface area contributed by atoms with E-state index in [1.165, 1.54) is 15.6 Å². The summed E-state index contributed by atoms with van der Waals surface area (Å²) in [6.07, 6.45) is 1.06. The molecule has 0 saturated heterocycles. The zero-order chi connectivity index (χ0) is 13.5. The molecule has 1 aromatic rings. The molecule has 0 heterocycles. The van der Waals surface area contributed by atoms with Crippen molar-refractivity contribution in [1.29, 1.82) is 0 Å². The van der Waals surface area contributed by atoms with Crippen LogP contribution in [0.2, 0.25) is 0 Å². The van der Waals surface area contributed by atoms with E-state index >= 15 is 0 Å². The Morgan fingerprint density at radius 2 is 2.11 bits per heavy atom. The molecule has 0 saturated carbocycles. The predicted molar refractivity (Wildman–Crippen MR) is 81.0 cm³/mol. The van der Waals surface area contributed by atoms with Gasteiger partial charge < -0.3 is 10.1 Å². The minimum absolute atomic E-state index is 0.375. The second-order valence-corrected chi connectivity index (χ2v) is 5.67. The van der Waals surface area contributed by atoms with Crippen LogP contribution in [0.3, 0.4) is 0 Å². The molecule has 0 aliphatic heterocycles. The van der Waals surface area contributed by atoms with Crippen molar-refractivity contribution < 1.29 is 4.74 Å². The van der Waals surface area contributed by atoms with Crippen molar-refractivity contribution in [2.45, 2.75) is 33.2 Å². The highest BCUT2D eigenvalue weighted by Gasteiger charge is 2.20. The number of methoxy groups -OCH3 is 1. The van der Waals surface area contributed by atoms with Gasteiger partial charge in [-0.15, -0.1) is 0 Å². The number of aryl methyl sites for hydroxylation is 1. The number of benzene rings is 1. The second-order valence-electron chi connectivity index (χ2n) is 4.82. The molecule has 0 spiro atoms. The Morgan fingerprint density at radius 1 is 1.39 bits per heavy atom. The molecule has 0 aliphatic carbocycles. The summed E-state index contributed by atoms with van der Waals surface area (Å²) < 4.78 is 6.38. The van der Waals surface area contributed by atoms with Crippen molar-refractivity contribution in [3.05, 3.63) is 33.8 Å². The van der Waals surface area contributed by atoms with Crippen LogP contribution in [-0.2, 0) is 4.74 Å². The molecule has 0 bridgehead atoms. The summed E-state index contributed by atoms with van der Waals surface area (Å²) in [7, 11) is 1.76. The van der Waals surface area contributed by atoms with Crippen LogP contribution in [0.25, 0.3) is 0 Å². The average Bonchev–Trinajstić information content (AvgIpc) is 2.34. The number of hydrogen-bond acceptors (Lipinski definition) is 2. The van der Waals surface area contributed by atoms with Gasteiger partial charge in [-0.3, -0.25) is 0 Å². The Balaban J connectivity index is 2.88. The van der Waals surface area contributed by atoms with Crippen LogP contribution >= 0.6 is 15.9 Å². The molecule has 0 aliphatic rings. The average molecular weight is 314 g/mol. The highest BCUT2D eigenvalue weighted by atomic mass is 79.9. The maximum Gasteiger partial charge on any atom is 0.0465 e. The molecule has 1 N–H and O–H groups in total. The Bertz CT molecular complexity index is 368. The monoisotopic (exact) mass is 313 g/mol. The minimum Gasteiger partial charge on any atom is -0.385 e. The van der Waals surface area contributed by atoms with Crippen molar-refractivity contribution in [2.75, 3.05) is 20.3 Å². The van der Waals surface area contributed by atoms with Crippen LogP contribution in [0.4, 0.5) is 0 Å². The van der Waals surface area contributed by atoms with Gasteiger partial charge in [0.1, 0.15) is 0 Å². The molecule has 0 fully saturated rings. The summed E-state index contributed by atoms with van der Waals surface area (Å²) in [5, 5.41) is 3.58.